The molecule has 0 unspecified atom stereocenters. The first-order valence-corrected chi connectivity index (χ1v) is 10.7. The molecule has 0 atom stereocenters. The molecule has 0 aliphatic heterocycles. The average Bonchev–Trinajstić information content (AvgIpc) is 3.15. The fourth-order valence-electron chi connectivity index (χ4n) is 3.36. The fourth-order valence-corrected chi connectivity index (χ4v) is 3.36. The summed E-state index contributed by atoms with van der Waals surface area (Å²) in [5.74, 6) is -0.653. The molecule has 10 nitrogen and oxygen atoms in total. The molecule has 32 heavy (non-hydrogen) atoms. The number of imidazole rings is 1. The van der Waals surface area contributed by atoms with Crippen molar-refractivity contribution in [2.75, 3.05) is 6.54 Å². The van der Waals surface area contributed by atoms with Crippen LogP contribution >= 0.6 is 0 Å². The van der Waals surface area contributed by atoms with Gasteiger partial charge in [0, 0.05) is 18.7 Å². The minimum absolute atomic E-state index is 0.184. The van der Waals surface area contributed by atoms with E-state index in [1.807, 2.05) is 13.8 Å². The van der Waals surface area contributed by atoms with Gasteiger partial charge < -0.3 is 14.6 Å². The van der Waals surface area contributed by atoms with E-state index in [1.54, 1.807) is 34.9 Å². The summed E-state index contributed by atoms with van der Waals surface area (Å²) in [6.45, 7) is 4.37. The highest BCUT2D eigenvalue weighted by Crippen LogP contribution is 2.14. The lowest BCUT2D eigenvalue weighted by atomic mass is 10.2. The van der Waals surface area contributed by atoms with Gasteiger partial charge in [-0.2, -0.15) is 0 Å². The summed E-state index contributed by atoms with van der Waals surface area (Å²) in [6.07, 6.45) is 2.35. The quantitative estimate of drug-likeness (QED) is 0.460. The van der Waals surface area contributed by atoms with E-state index >= 15 is 0 Å². The highest BCUT2D eigenvalue weighted by Gasteiger charge is 2.19. The number of nitrogens with zero attached hydrogens (tertiary/aromatic N) is 3. The van der Waals surface area contributed by atoms with Crippen LogP contribution in [-0.2, 0) is 29.2 Å². The van der Waals surface area contributed by atoms with Crippen LogP contribution in [0.1, 0.15) is 49.3 Å². The van der Waals surface area contributed by atoms with Crippen LogP contribution in [0.5, 0.6) is 0 Å². The maximum absolute atomic E-state index is 12.5. The highest BCUT2D eigenvalue weighted by atomic mass is 16.5. The highest BCUT2D eigenvalue weighted by molar-refractivity contribution is 5.95. The molecule has 2 N–H and O–H groups in total. The number of aryl methyl sites for hydroxylation is 2. The van der Waals surface area contributed by atoms with Crippen molar-refractivity contribution >= 4 is 23.0 Å². The van der Waals surface area contributed by atoms with Gasteiger partial charge in [-0.3, -0.25) is 23.9 Å². The molecule has 0 spiro atoms. The van der Waals surface area contributed by atoms with Crippen LogP contribution < -0.4 is 16.6 Å². The van der Waals surface area contributed by atoms with Gasteiger partial charge in [0.25, 0.3) is 11.5 Å². The third-order valence-electron chi connectivity index (χ3n) is 4.94. The molecule has 0 bridgehead atoms. The molecule has 0 fully saturated rings. The van der Waals surface area contributed by atoms with Crippen molar-refractivity contribution in [3.63, 3.8) is 0 Å². The standard InChI is InChI=1S/C22H27N5O5/c1-3-5-12-27-19-18(21(30)25-22(27)31)26(11-4-2)16(24-19)14-32-17(28)13-23-20(29)15-9-7-6-8-10-15/h6-10H,3-5,11-14H2,1-2H3,(H,23,29)(H,25,30,31). The number of aromatic nitrogens is 4. The second-order valence-electron chi connectivity index (χ2n) is 7.33. The second-order valence-corrected chi connectivity index (χ2v) is 7.33. The van der Waals surface area contributed by atoms with E-state index in [0.29, 0.717) is 30.9 Å². The van der Waals surface area contributed by atoms with Crippen molar-refractivity contribution in [3.05, 3.63) is 62.6 Å². The molecular weight excluding hydrogens is 414 g/mol. The van der Waals surface area contributed by atoms with Gasteiger partial charge in [-0.25, -0.2) is 9.78 Å². The second kappa shape index (κ2) is 10.6. The largest absolute Gasteiger partial charge is 0.456 e. The molecule has 170 valence electrons. The van der Waals surface area contributed by atoms with E-state index in [-0.39, 0.29) is 30.2 Å². The van der Waals surface area contributed by atoms with Gasteiger partial charge in [0.05, 0.1) is 0 Å². The lowest BCUT2D eigenvalue weighted by Crippen LogP contribution is -2.31. The van der Waals surface area contributed by atoms with Crippen LogP contribution in [0.2, 0.25) is 0 Å². The Bertz CT molecular complexity index is 1210. The average molecular weight is 441 g/mol. The number of ether oxygens (including phenoxy) is 1. The molecule has 0 saturated heterocycles. The van der Waals surface area contributed by atoms with Crippen LogP contribution in [0.25, 0.3) is 11.2 Å². The monoisotopic (exact) mass is 441 g/mol. The number of hydrogen-bond donors (Lipinski definition) is 2. The first-order valence-electron chi connectivity index (χ1n) is 10.7. The van der Waals surface area contributed by atoms with E-state index in [2.05, 4.69) is 15.3 Å². The molecule has 2 heterocycles. The fraction of sp³-hybridized carbons (Fsp3) is 0.409. The van der Waals surface area contributed by atoms with E-state index < -0.39 is 17.2 Å². The Morgan fingerprint density at radius 1 is 1.06 bits per heavy atom. The van der Waals surface area contributed by atoms with Crippen molar-refractivity contribution in [1.29, 1.82) is 0 Å². The zero-order valence-electron chi connectivity index (χ0n) is 18.2. The lowest BCUT2D eigenvalue weighted by Gasteiger charge is -2.09. The molecule has 3 rings (SSSR count). The van der Waals surface area contributed by atoms with Gasteiger partial charge in [-0.1, -0.05) is 38.5 Å². The van der Waals surface area contributed by atoms with Gasteiger partial charge >= 0.3 is 11.7 Å². The minimum Gasteiger partial charge on any atom is -0.456 e. The molecule has 1 amide bonds. The summed E-state index contributed by atoms with van der Waals surface area (Å²) in [6, 6.07) is 8.54. The zero-order chi connectivity index (χ0) is 23.1. The third-order valence-corrected chi connectivity index (χ3v) is 4.94. The van der Waals surface area contributed by atoms with Crippen molar-refractivity contribution in [3.8, 4) is 0 Å². The molecular formula is C22H27N5O5. The summed E-state index contributed by atoms with van der Waals surface area (Å²) >= 11 is 0. The number of aromatic amines is 1. The van der Waals surface area contributed by atoms with Gasteiger partial charge in [0.1, 0.15) is 19.0 Å². The molecule has 0 saturated carbocycles. The number of hydrogen-bond acceptors (Lipinski definition) is 6. The smallest absolute Gasteiger partial charge is 0.330 e. The van der Waals surface area contributed by atoms with E-state index in [9.17, 15) is 19.2 Å². The van der Waals surface area contributed by atoms with Gasteiger partial charge in [0.15, 0.2) is 11.2 Å². The van der Waals surface area contributed by atoms with Crippen molar-refractivity contribution < 1.29 is 14.3 Å². The Morgan fingerprint density at radius 3 is 2.50 bits per heavy atom. The van der Waals surface area contributed by atoms with E-state index in [4.69, 9.17) is 4.74 Å². The van der Waals surface area contributed by atoms with Gasteiger partial charge in [0.2, 0.25) is 0 Å². The number of nitrogens with one attached hydrogen (secondary N) is 2. The molecule has 0 aliphatic rings. The van der Waals surface area contributed by atoms with Crippen LogP contribution in [0, 0.1) is 0 Å². The van der Waals surface area contributed by atoms with Crippen molar-refractivity contribution in [1.82, 2.24) is 24.4 Å². The van der Waals surface area contributed by atoms with E-state index in [1.165, 1.54) is 4.57 Å². The molecule has 0 aliphatic carbocycles. The van der Waals surface area contributed by atoms with E-state index in [0.717, 1.165) is 12.8 Å². The molecule has 1 aromatic carbocycles. The Hall–Kier alpha value is -3.69. The first-order chi connectivity index (χ1) is 15.5. The summed E-state index contributed by atoms with van der Waals surface area (Å²) in [7, 11) is 0. The van der Waals surface area contributed by atoms with Crippen molar-refractivity contribution in [2.24, 2.45) is 0 Å². The number of unbranched alkanes of at least 4 members (excludes halogenated alkanes) is 1. The van der Waals surface area contributed by atoms with Crippen LogP contribution in [-0.4, -0.2) is 37.5 Å². The number of rotatable bonds is 10. The van der Waals surface area contributed by atoms with Crippen LogP contribution in [0.4, 0.5) is 0 Å². The SMILES string of the molecule is CCCCn1c(=O)[nH]c(=O)c2c1nc(COC(=O)CNC(=O)c1ccccc1)n2CCC. The molecule has 2 aromatic heterocycles. The summed E-state index contributed by atoms with van der Waals surface area (Å²) in [5.41, 5.74) is -0.0277. The van der Waals surface area contributed by atoms with Gasteiger partial charge in [-0.15, -0.1) is 0 Å². The Balaban J connectivity index is 1.77. The number of amides is 1. The topological polar surface area (TPSA) is 128 Å². The lowest BCUT2D eigenvalue weighted by molar-refractivity contribution is -0.144. The third kappa shape index (κ3) is 5.13. The Kier molecular flexibility index (Phi) is 7.58. The first kappa shape index (κ1) is 23.0. The number of benzene rings is 1. The molecule has 0 radical (unpaired) electrons. The minimum atomic E-state index is -0.637. The number of fused-ring (bicyclic) bond motifs is 1. The van der Waals surface area contributed by atoms with Gasteiger partial charge in [-0.05, 0) is 25.0 Å². The Morgan fingerprint density at radius 2 is 1.81 bits per heavy atom. The number of carbonyl (C=O) groups excluding carboxylic acids is 2. The molecule has 10 heteroatoms. The van der Waals surface area contributed by atoms with Crippen molar-refractivity contribution in [2.45, 2.75) is 52.8 Å². The predicted octanol–water partition coefficient (Wildman–Crippen LogP) is 1.57. The van der Waals surface area contributed by atoms with Crippen LogP contribution in [0.15, 0.2) is 39.9 Å². The summed E-state index contributed by atoms with van der Waals surface area (Å²) in [4.78, 5) is 55.9. The summed E-state index contributed by atoms with van der Waals surface area (Å²) < 4.78 is 8.40. The number of esters is 1. The Labute approximate surface area is 184 Å². The maximum Gasteiger partial charge on any atom is 0.330 e. The molecule has 3 aromatic rings. The zero-order valence-corrected chi connectivity index (χ0v) is 18.2. The number of H-pyrrole nitrogens is 1. The summed E-state index contributed by atoms with van der Waals surface area (Å²) in [5, 5.41) is 2.51. The maximum atomic E-state index is 12.5. The normalized spacial score (nSPS) is 10.9. The predicted molar refractivity (Wildman–Crippen MR) is 118 cm³/mol. The van der Waals surface area contributed by atoms with Crippen LogP contribution in [0.3, 0.4) is 0 Å². The number of carbonyl (C=O) groups is 2.